The van der Waals surface area contributed by atoms with Gasteiger partial charge in [-0.05, 0) is 48.6 Å². The molecule has 0 aromatic heterocycles. The largest absolute Gasteiger partial charge is 0.497 e. The van der Waals surface area contributed by atoms with Crippen LogP contribution in [0.2, 0.25) is 0 Å². The SMILES string of the molecule is CCCC1=C(C)c2ccc(OC)cc2C1CCC. The molecule has 98 valence electrons. The van der Waals surface area contributed by atoms with E-state index in [1.54, 1.807) is 12.7 Å². The topological polar surface area (TPSA) is 9.23 Å². The van der Waals surface area contributed by atoms with Gasteiger partial charge in [0.15, 0.2) is 0 Å². The van der Waals surface area contributed by atoms with Gasteiger partial charge in [-0.25, -0.2) is 0 Å². The average Bonchev–Trinajstić information content (AvgIpc) is 2.65. The third-order valence-electron chi connectivity index (χ3n) is 4.04. The lowest BCUT2D eigenvalue weighted by molar-refractivity contribution is 0.414. The van der Waals surface area contributed by atoms with Crippen LogP contribution >= 0.6 is 0 Å². The third-order valence-corrected chi connectivity index (χ3v) is 4.04. The number of methoxy groups -OCH3 is 1. The number of hydrogen-bond donors (Lipinski definition) is 0. The van der Waals surface area contributed by atoms with E-state index in [2.05, 4.69) is 39.0 Å². The van der Waals surface area contributed by atoms with Crippen molar-refractivity contribution in [3.05, 3.63) is 34.9 Å². The first-order valence-electron chi connectivity index (χ1n) is 7.10. The fourth-order valence-electron chi connectivity index (χ4n) is 3.17. The Morgan fingerprint density at radius 3 is 2.56 bits per heavy atom. The molecular weight excluding hydrogens is 220 g/mol. The molecule has 0 fully saturated rings. The highest BCUT2D eigenvalue weighted by atomic mass is 16.5. The molecule has 1 aromatic rings. The fraction of sp³-hybridized carbons (Fsp3) is 0.529. The Kier molecular flexibility index (Phi) is 4.11. The quantitative estimate of drug-likeness (QED) is 0.694. The first-order chi connectivity index (χ1) is 8.72. The van der Waals surface area contributed by atoms with Crippen molar-refractivity contribution in [3.63, 3.8) is 0 Å². The molecule has 1 unspecified atom stereocenters. The van der Waals surface area contributed by atoms with Crippen LogP contribution in [0.5, 0.6) is 5.75 Å². The van der Waals surface area contributed by atoms with Crippen molar-refractivity contribution in [2.24, 2.45) is 0 Å². The van der Waals surface area contributed by atoms with Gasteiger partial charge in [0.2, 0.25) is 0 Å². The molecule has 0 saturated carbocycles. The molecule has 0 N–H and O–H groups in total. The van der Waals surface area contributed by atoms with Crippen molar-refractivity contribution >= 4 is 5.57 Å². The minimum atomic E-state index is 0.625. The molecule has 18 heavy (non-hydrogen) atoms. The second-order valence-electron chi connectivity index (χ2n) is 5.19. The number of allylic oxidation sites excluding steroid dienone is 2. The van der Waals surface area contributed by atoms with Gasteiger partial charge in [0.05, 0.1) is 7.11 Å². The summed E-state index contributed by atoms with van der Waals surface area (Å²) in [5.74, 6) is 1.61. The monoisotopic (exact) mass is 244 g/mol. The van der Waals surface area contributed by atoms with Crippen molar-refractivity contribution in [2.75, 3.05) is 7.11 Å². The molecule has 1 aliphatic rings. The maximum atomic E-state index is 5.38. The maximum Gasteiger partial charge on any atom is 0.119 e. The average molecular weight is 244 g/mol. The fourth-order valence-corrected chi connectivity index (χ4v) is 3.17. The van der Waals surface area contributed by atoms with E-state index in [9.17, 15) is 0 Å². The number of rotatable bonds is 5. The van der Waals surface area contributed by atoms with Gasteiger partial charge >= 0.3 is 0 Å². The minimum absolute atomic E-state index is 0.625. The van der Waals surface area contributed by atoms with Crippen molar-refractivity contribution in [1.82, 2.24) is 0 Å². The molecule has 0 bridgehead atoms. The summed E-state index contributed by atoms with van der Waals surface area (Å²) in [6.45, 7) is 6.83. The Hall–Kier alpha value is -1.24. The summed E-state index contributed by atoms with van der Waals surface area (Å²) in [4.78, 5) is 0. The zero-order chi connectivity index (χ0) is 13.1. The Morgan fingerprint density at radius 2 is 1.94 bits per heavy atom. The van der Waals surface area contributed by atoms with Crippen LogP contribution in [0.1, 0.15) is 63.5 Å². The van der Waals surface area contributed by atoms with Crippen molar-refractivity contribution in [1.29, 1.82) is 0 Å². The van der Waals surface area contributed by atoms with Crippen LogP contribution in [0.25, 0.3) is 5.57 Å². The van der Waals surface area contributed by atoms with Gasteiger partial charge < -0.3 is 4.74 Å². The molecule has 1 atom stereocenters. The van der Waals surface area contributed by atoms with E-state index < -0.39 is 0 Å². The van der Waals surface area contributed by atoms with Gasteiger partial charge in [-0.15, -0.1) is 0 Å². The molecule has 1 aliphatic carbocycles. The first kappa shape index (κ1) is 13.2. The second-order valence-corrected chi connectivity index (χ2v) is 5.19. The van der Waals surface area contributed by atoms with Crippen molar-refractivity contribution < 1.29 is 4.74 Å². The number of ether oxygens (including phenoxy) is 1. The zero-order valence-corrected chi connectivity index (χ0v) is 12.0. The Morgan fingerprint density at radius 1 is 1.17 bits per heavy atom. The lowest BCUT2D eigenvalue weighted by Crippen LogP contribution is -1.99. The Balaban J connectivity index is 2.44. The normalized spacial score (nSPS) is 18.1. The molecule has 0 heterocycles. The van der Waals surface area contributed by atoms with Crippen LogP contribution in [0.4, 0.5) is 0 Å². The molecule has 0 radical (unpaired) electrons. The molecule has 2 rings (SSSR count). The minimum Gasteiger partial charge on any atom is -0.497 e. The van der Waals surface area contributed by atoms with Crippen molar-refractivity contribution in [2.45, 2.75) is 52.4 Å². The van der Waals surface area contributed by atoms with Crippen LogP contribution in [0.15, 0.2) is 23.8 Å². The van der Waals surface area contributed by atoms with E-state index in [0.717, 1.165) is 5.75 Å². The molecule has 0 saturated heterocycles. The first-order valence-corrected chi connectivity index (χ1v) is 7.10. The summed E-state index contributed by atoms with van der Waals surface area (Å²) in [5, 5.41) is 0. The predicted molar refractivity (Wildman–Crippen MR) is 78.1 cm³/mol. The van der Waals surface area contributed by atoms with E-state index in [4.69, 9.17) is 4.74 Å². The zero-order valence-electron chi connectivity index (χ0n) is 12.0. The molecule has 0 spiro atoms. The smallest absolute Gasteiger partial charge is 0.119 e. The lowest BCUT2D eigenvalue weighted by atomic mass is 9.89. The van der Waals surface area contributed by atoms with Crippen LogP contribution in [-0.4, -0.2) is 7.11 Å². The van der Waals surface area contributed by atoms with Gasteiger partial charge in [-0.1, -0.05) is 38.3 Å². The van der Waals surface area contributed by atoms with Gasteiger partial charge in [0.1, 0.15) is 5.75 Å². The second kappa shape index (κ2) is 5.60. The van der Waals surface area contributed by atoms with Crippen LogP contribution in [0.3, 0.4) is 0 Å². The van der Waals surface area contributed by atoms with Gasteiger partial charge in [0.25, 0.3) is 0 Å². The maximum absolute atomic E-state index is 5.38. The van der Waals surface area contributed by atoms with Crippen LogP contribution in [0, 0.1) is 0 Å². The van der Waals surface area contributed by atoms with Gasteiger partial charge in [-0.2, -0.15) is 0 Å². The van der Waals surface area contributed by atoms with Crippen LogP contribution < -0.4 is 4.74 Å². The Bertz CT molecular complexity index is 457. The van der Waals surface area contributed by atoms with E-state index in [1.165, 1.54) is 42.4 Å². The Labute approximate surface area is 111 Å². The third kappa shape index (κ3) is 2.19. The molecule has 1 nitrogen and oxygen atoms in total. The summed E-state index contributed by atoms with van der Waals surface area (Å²) < 4.78 is 5.38. The lowest BCUT2D eigenvalue weighted by Gasteiger charge is -2.16. The molecule has 0 amide bonds. The number of fused-ring (bicyclic) bond motifs is 1. The van der Waals surface area contributed by atoms with Crippen LogP contribution in [-0.2, 0) is 0 Å². The van der Waals surface area contributed by atoms with E-state index in [-0.39, 0.29) is 0 Å². The summed E-state index contributed by atoms with van der Waals surface area (Å²) >= 11 is 0. The highest BCUT2D eigenvalue weighted by molar-refractivity contribution is 5.77. The summed E-state index contributed by atoms with van der Waals surface area (Å²) in [5.41, 5.74) is 6.09. The van der Waals surface area contributed by atoms with E-state index in [0.29, 0.717) is 5.92 Å². The molecule has 1 aromatic carbocycles. The van der Waals surface area contributed by atoms with E-state index >= 15 is 0 Å². The summed E-state index contributed by atoms with van der Waals surface area (Å²) in [6, 6.07) is 6.55. The molecular formula is C17H24O. The number of hydrogen-bond acceptors (Lipinski definition) is 1. The number of benzene rings is 1. The summed E-state index contributed by atoms with van der Waals surface area (Å²) in [6.07, 6.45) is 4.96. The highest BCUT2D eigenvalue weighted by Gasteiger charge is 2.28. The highest BCUT2D eigenvalue weighted by Crippen LogP contribution is 2.46. The molecule has 0 aliphatic heterocycles. The molecule has 1 heteroatoms. The van der Waals surface area contributed by atoms with Gasteiger partial charge in [-0.3, -0.25) is 0 Å². The van der Waals surface area contributed by atoms with Crippen molar-refractivity contribution in [3.8, 4) is 5.75 Å². The standard InChI is InChI=1S/C17H24O/c1-5-7-14-12(3)15-10-9-13(18-4)11-17(15)16(14)8-6-2/h9-11,16H,5-8H2,1-4H3. The van der Waals surface area contributed by atoms with E-state index in [1.807, 2.05) is 0 Å². The summed E-state index contributed by atoms with van der Waals surface area (Å²) in [7, 11) is 1.75. The van der Waals surface area contributed by atoms with Gasteiger partial charge in [0, 0.05) is 5.92 Å². The predicted octanol–water partition coefficient (Wildman–Crippen LogP) is 5.17.